The summed E-state index contributed by atoms with van der Waals surface area (Å²) >= 11 is 0. The average molecular weight is 134 g/mol. The molecule has 0 saturated heterocycles. The van der Waals surface area contributed by atoms with E-state index in [9.17, 15) is 0 Å². The number of carboxylic acid groups (broad SMARTS) is 1. The first-order valence-corrected chi connectivity index (χ1v) is 2.15. The van der Waals surface area contributed by atoms with Crippen molar-refractivity contribution in [3.05, 3.63) is 12.8 Å². The van der Waals surface area contributed by atoms with Crippen LogP contribution in [-0.2, 0) is 9.53 Å². The molecule has 0 fully saturated rings. The third-order valence-corrected chi connectivity index (χ3v) is 0.302. The van der Waals surface area contributed by atoms with Crippen molar-refractivity contribution in [2.24, 2.45) is 0 Å². The van der Waals surface area contributed by atoms with Gasteiger partial charge in [0.25, 0.3) is 0 Å². The van der Waals surface area contributed by atoms with Crippen LogP contribution in [0.25, 0.3) is 0 Å². The molecular formula is C5H10O4. The number of aliphatic hydroxyl groups excluding tert-OH is 1. The summed E-state index contributed by atoms with van der Waals surface area (Å²) in [5, 5.41) is 15.0. The van der Waals surface area contributed by atoms with Gasteiger partial charge in [0.15, 0.2) is 0 Å². The highest BCUT2D eigenvalue weighted by atomic mass is 16.5. The number of rotatable bonds is 2. The van der Waals surface area contributed by atoms with Crippen molar-refractivity contribution in [1.82, 2.24) is 0 Å². The number of ether oxygens (including phenoxy) is 1. The minimum absolute atomic E-state index is 0.778. The fourth-order valence-electron chi connectivity index (χ4n) is 0. The van der Waals surface area contributed by atoms with Gasteiger partial charge in [-0.25, -0.2) is 4.79 Å². The molecule has 0 aliphatic rings. The Labute approximate surface area is 53.4 Å². The molecule has 54 valence electrons. The zero-order valence-electron chi connectivity index (χ0n) is 5.20. The molecule has 0 amide bonds. The molecule has 0 rings (SSSR count). The number of methoxy groups -OCH3 is 1. The molecule has 0 heterocycles. The van der Waals surface area contributed by atoms with Crippen LogP contribution in [0.2, 0.25) is 0 Å². The predicted octanol–water partition coefficient (Wildman–Crippen LogP) is -0.160. The van der Waals surface area contributed by atoms with Gasteiger partial charge < -0.3 is 14.9 Å². The number of carboxylic acids is 1. The molecule has 0 radical (unpaired) electrons. The molecule has 0 aromatic heterocycles. The maximum Gasteiger partial charge on any atom is 0.329 e. The van der Waals surface area contributed by atoms with Gasteiger partial charge in [0.1, 0.15) is 6.61 Å². The van der Waals surface area contributed by atoms with Crippen molar-refractivity contribution >= 4 is 5.97 Å². The minimum Gasteiger partial charge on any atom is -0.505 e. The molecule has 0 spiro atoms. The van der Waals surface area contributed by atoms with Crippen molar-refractivity contribution in [1.29, 1.82) is 0 Å². The van der Waals surface area contributed by atoms with E-state index in [2.05, 4.69) is 11.3 Å². The lowest BCUT2D eigenvalue weighted by atomic mass is 10.8. The van der Waals surface area contributed by atoms with E-state index < -0.39 is 12.6 Å². The second-order valence-electron chi connectivity index (χ2n) is 0.954. The Morgan fingerprint density at radius 3 is 2.11 bits per heavy atom. The summed E-state index contributed by atoms with van der Waals surface area (Å²) in [6, 6.07) is 0. The van der Waals surface area contributed by atoms with Crippen LogP contribution in [0.3, 0.4) is 0 Å². The molecule has 9 heavy (non-hydrogen) atoms. The molecule has 2 N–H and O–H groups in total. The summed E-state index contributed by atoms with van der Waals surface area (Å²) in [7, 11) is 1.56. The van der Waals surface area contributed by atoms with Crippen molar-refractivity contribution < 1.29 is 19.7 Å². The zero-order valence-corrected chi connectivity index (χ0v) is 5.20. The summed E-state index contributed by atoms with van der Waals surface area (Å²) in [5.74, 6) is -1.19. The summed E-state index contributed by atoms with van der Waals surface area (Å²) < 4.78 is 4.31. The van der Waals surface area contributed by atoms with Gasteiger partial charge in [-0.3, -0.25) is 0 Å². The maximum atomic E-state index is 9.12. The lowest BCUT2D eigenvalue weighted by Gasteiger charge is -1.73. The van der Waals surface area contributed by atoms with Crippen LogP contribution < -0.4 is 0 Å². The maximum absolute atomic E-state index is 9.12. The number of aliphatic carboxylic acids is 1. The lowest BCUT2D eigenvalue weighted by Crippen LogP contribution is -1.98. The SMILES string of the molecule is C=COC.O=C(O)CO. The second-order valence-corrected chi connectivity index (χ2v) is 0.954. The van der Waals surface area contributed by atoms with E-state index in [4.69, 9.17) is 15.0 Å². The topological polar surface area (TPSA) is 66.8 Å². The van der Waals surface area contributed by atoms with Gasteiger partial charge in [-0.05, 0) is 0 Å². The van der Waals surface area contributed by atoms with Crippen LogP contribution in [0.4, 0.5) is 0 Å². The average Bonchev–Trinajstić information content (AvgIpc) is 1.89. The van der Waals surface area contributed by atoms with Crippen molar-refractivity contribution in [3.63, 3.8) is 0 Å². The van der Waals surface area contributed by atoms with Crippen molar-refractivity contribution in [2.75, 3.05) is 13.7 Å². The van der Waals surface area contributed by atoms with Crippen LogP contribution in [0, 0.1) is 0 Å². The molecule has 0 atom stereocenters. The first kappa shape index (κ1) is 10.9. The number of hydrogen-bond acceptors (Lipinski definition) is 3. The van der Waals surface area contributed by atoms with Crippen LogP contribution in [0.5, 0.6) is 0 Å². The number of carbonyl (C=O) groups is 1. The van der Waals surface area contributed by atoms with E-state index in [0.717, 1.165) is 0 Å². The molecule has 4 heteroatoms. The normalized spacial score (nSPS) is 6.44. The quantitative estimate of drug-likeness (QED) is 0.515. The minimum atomic E-state index is -1.19. The van der Waals surface area contributed by atoms with Crippen LogP contribution >= 0.6 is 0 Å². The van der Waals surface area contributed by atoms with Crippen molar-refractivity contribution in [3.8, 4) is 0 Å². The molecule has 0 unspecified atom stereocenters. The predicted molar refractivity (Wildman–Crippen MR) is 31.9 cm³/mol. The zero-order chi connectivity index (χ0) is 7.70. The van der Waals surface area contributed by atoms with Gasteiger partial charge in [-0.2, -0.15) is 0 Å². The van der Waals surface area contributed by atoms with E-state index in [1.807, 2.05) is 0 Å². The Hall–Kier alpha value is -1.03. The van der Waals surface area contributed by atoms with E-state index in [0.29, 0.717) is 0 Å². The van der Waals surface area contributed by atoms with Gasteiger partial charge in [-0.15, -0.1) is 0 Å². The number of aliphatic hydroxyl groups is 1. The second kappa shape index (κ2) is 10.1. The molecule has 0 aromatic carbocycles. The van der Waals surface area contributed by atoms with Crippen molar-refractivity contribution in [2.45, 2.75) is 0 Å². The van der Waals surface area contributed by atoms with E-state index in [1.165, 1.54) is 6.26 Å². The molecular weight excluding hydrogens is 124 g/mol. The Kier molecular flexibility index (Phi) is 12.1. The fourth-order valence-corrected chi connectivity index (χ4v) is 0. The highest BCUT2D eigenvalue weighted by Gasteiger charge is 1.82. The first-order chi connectivity index (χ1) is 4.18. The van der Waals surface area contributed by atoms with Gasteiger partial charge in [0.2, 0.25) is 0 Å². The highest BCUT2D eigenvalue weighted by molar-refractivity contribution is 5.67. The smallest absolute Gasteiger partial charge is 0.329 e. The Morgan fingerprint density at radius 2 is 2.11 bits per heavy atom. The Balaban J connectivity index is 0. The van der Waals surface area contributed by atoms with E-state index >= 15 is 0 Å². The molecule has 0 aliphatic heterocycles. The largest absolute Gasteiger partial charge is 0.505 e. The third kappa shape index (κ3) is 44.4. The van der Waals surface area contributed by atoms with Crippen LogP contribution in [-0.4, -0.2) is 29.9 Å². The first-order valence-electron chi connectivity index (χ1n) is 2.15. The Bertz CT molecular complexity index is 79.0. The molecule has 0 aromatic rings. The van der Waals surface area contributed by atoms with Gasteiger partial charge in [-0.1, -0.05) is 6.58 Å². The summed E-state index contributed by atoms with van der Waals surface area (Å²) in [6.45, 7) is 2.48. The summed E-state index contributed by atoms with van der Waals surface area (Å²) in [5.41, 5.74) is 0. The van der Waals surface area contributed by atoms with Gasteiger partial charge in [0.05, 0.1) is 13.4 Å². The summed E-state index contributed by atoms with van der Waals surface area (Å²) in [4.78, 5) is 9.12. The summed E-state index contributed by atoms with van der Waals surface area (Å²) in [6.07, 6.45) is 1.38. The fraction of sp³-hybridized carbons (Fsp3) is 0.400. The third-order valence-electron chi connectivity index (χ3n) is 0.302. The van der Waals surface area contributed by atoms with E-state index in [1.54, 1.807) is 7.11 Å². The van der Waals surface area contributed by atoms with Crippen LogP contribution in [0.1, 0.15) is 0 Å². The lowest BCUT2D eigenvalue weighted by molar-refractivity contribution is -0.140. The Morgan fingerprint density at radius 1 is 1.89 bits per heavy atom. The molecule has 4 nitrogen and oxygen atoms in total. The van der Waals surface area contributed by atoms with Gasteiger partial charge >= 0.3 is 5.97 Å². The van der Waals surface area contributed by atoms with Gasteiger partial charge in [0, 0.05) is 0 Å². The standard InChI is InChI=1S/C3H6O.C2H4O3/c1-3-4-2;3-1-2(4)5/h3H,1H2,2H3;3H,1H2,(H,4,5). The van der Waals surface area contributed by atoms with E-state index in [-0.39, 0.29) is 0 Å². The molecule has 0 saturated carbocycles. The molecule has 0 bridgehead atoms. The van der Waals surface area contributed by atoms with Crippen LogP contribution in [0.15, 0.2) is 12.8 Å². The molecule has 0 aliphatic carbocycles. The highest BCUT2D eigenvalue weighted by Crippen LogP contribution is 1.52. The number of hydrogen-bond donors (Lipinski definition) is 2. The monoisotopic (exact) mass is 134 g/mol.